The number of hydrogen-bond donors (Lipinski definition) is 0. The third kappa shape index (κ3) is 4.37. The molecule has 0 rings (SSSR count). The highest BCUT2D eigenvalue weighted by Crippen LogP contribution is 2.02. The maximum Gasteiger partial charge on any atom is 0.222 e. The quantitative estimate of drug-likeness (QED) is 0.619. The summed E-state index contributed by atoms with van der Waals surface area (Å²) in [5, 5.41) is 0. The van der Waals surface area contributed by atoms with Crippen molar-refractivity contribution in [2.45, 2.75) is 33.6 Å². The van der Waals surface area contributed by atoms with E-state index in [0.717, 1.165) is 13.1 Å². The number of amides is 1. The van der Waals surface area contributed by atoms with E-state index in [2.05, 4.69) is 20.8 Å². The number of carbonyl (C=O) groups excluding carboxylic acids is 1. The lowest BCUT2D eigenvalue weighted by atomic mass is 10.2. The third-order valence-electron chi connectivity index (χ3n) is 1.71. The molecule has 0 unspecified atom stereocenters. The molecule has 0 aliphatic carbocycles. The maximum absolute atomic E-state index is 11.4. The maximum atomic E-state index is 11.4. The summed E-state index contributed by atoms with van der Waals surface area (Å²) in [5.74, 6) is 0.792. The molecule has 1 amide bonds. The predicted octanol–water partition coefficient (Wildman–Crippen LogP) is 2.11. The minimum Gasteiger partial charge on any atom is -0.343 e. The molecule has 71 valence electrons. The van der Waals surface area contributed by atoms with Crippen LogP contribution in [0.25, 0.3) is 0 Å². The Balaban J connectivity index is 3.87. The second-order valence-electron chi connectivity index (χ2n) is 3.43. The largest absolute Gasteiger partial charge is 0.343 e. The Morgan fingerprint density at radius 1 is 1.50 bits per heavy atom. The molecule has 0 aromatic rings. The Morgan fingerprint density at radius 2 is 2.08 bits per heavy atom. The first-order valence-electron chi connectivity index (χ1n) is 4.68. The Hall–Kier alpha value is -0.530. The smallest absolute Gasteiger partial charge is 0.222 e. The van der Waals surface area contributed by atoms with E-state index in [4.69, 9.17) is 0 Å². The van der Waals surface area contributed by atoms with Crippen molar-refractivity contribution in [3.63, 3.8) is 0 Å². The van der Waals surface area contributed by atoms with Crippen LogP contribution in [0.1, 0.15) is 33.6 Å². The molecule has 0 bridgehead atoms. The molecule has 0 saturated heterocycles. The van der Waals surface area contributed by atoms with E-state index < -0.39 is 0 Å². The summed E-state index contributed by atoms with van der Waals surface area (Å²) < 4.78 is 0. The van der Waals surface area contributed by atoms with Gasteiger partial charge in [0, 0.05) is 19.5 Å². The van der Waals surface area contributed by atoms with Crippen LogP contribution in [-0.4, -0.2) is 23.9 Å². The lowest BCUT2D eigenvalue weighted by molar-refractivity contribution is -0.131. The van der Waals surface area contributed by atoms with Crippen LogP contribution >= 0.6 is 0 Å². The van der Waals surface area contributed by atoms with Crippen LogP contribution < -0.4 is 0 Å². The van der Waals surface area contributed by atoms with Crippen LogP contribution in [0.2, 0.25) is 0 Å². The van der Waals surface area contributed by atoms with E-state index in [1.54, 1.807) is 0 Å². The number of hydrogen-bond acceptors (Lipinski definition) is 1. The van der Waals surface area contributed by atoms with Gasteiger partial charge in [-0.05, 0) is 19.3 Å². The average molecular weight is 170 g/mol. The minimum atomic E-state index is 0.237. The van der Waals surface area contributed by atoms with Crippen molar-refractivity contribution < 1.29 is 4.79 Å². The fraction of sp³-hybridized carbons (Fsp3) is 0.800. The van der Waals surface area contributed by atoms with Gasteiger partial charge in [0.05, 0.1) is 0 Å². The van der Waals surface area contributed by atoms with E-state index in [9.17, 15) is 4.79 Å². The van der Waals surface area contributed by atoms with Gasteiger partial charge in [0.2, 0.25) is 5.91 Å². The van der Waals surface area contributed by atoms with Gasteiger partial charge in [-0.1, -0.05) is 20.8 Å². The number of carbonyl (C=O) groups is 1. The first-order chi connectivity index (χ1) is 5.61. The molecule has 2 nitrogen and oxygen atoms in total. The highest BCUT2D eigenvalue weighted by Gasteiger charge is 2.10. The van der Waals surface area contributed by atoms with Crippen LogP contribution in [-0.2, 0) is 4.79 Å². The highest BCUT2D eigenvalue weighted by molar-refractivity contribution is 5.76. The molecule has 1 radical (unpaired) electrons. The van der Waals surface area contributed by atoms with Crippen molar-refractivity contribution in [3.8, 4) is 0 Å². The molecule has 12 heavy (non-hydrogen) atoms. The van der Waals surface area contributed by atoms with Crippen LogP contribution in [0.15, 0.2) is 0 Å². The number of rotatable bonds is 5. The second-order valence-corrected chi connectivity index (χ2v) is 3.43. The van der Waals surface area contributed by atoms with Gasteiger partial charge < -0.3 is 4.90 Å². The zero-order valence-electron chi connectivity index (χ0n) is 8.47. The van der Waals surface area contributed by atoms with Crippen LogP contribution in [0.4, 0.5) is 0 Å². The lowest BCUT2D eigenvalue weighted by Crippen LogP contribution is -2.33. The summed E-state index contributed by atoms with van der Waals surface area (Å²) in [5.41, 5.74) is 0. The lowest BCUT2D eigenvalue weighted by Gasteiger charge is -2.22. The average Bonchev–Trinajstić information content (AvgIpc) is 2.00. The first kappa shape index (κ1) is 11.5. The van der Waals surface area contributed by atoms with Crippen molar-refractivity contribution in [1.29, 1.82) is 0 Å². The van der Waals surface area contributed by atoms with Gasteiger partial charge >= 0.3 is 0 Å². The molecule has 0 aromatic heterocycles. The zero-order chi connectivity index (χ0) is 9.56. The summed E-state index contributed by atoms with van der Waals surface area (Å²) in [6.07, 6.45) is 1.29. The van der Waals surface area contributed by atoms with E-state index in [-0.39, 0.29) is 5.91 Å². The van der Waals surface area contributed by atoms with E-state index >= 15 is 0 Å². The van der Waals surface area contributed by atoms with Crippen molar-refractivity contribution in [2.75, 3.05) is 13.1 Å². The zero-order valence-corrected chi connectivity index (χ0v) is 8.47. The van der Waals surface area contributed by atoms with E-state index in [1.807, 2.05) is 11.8 Å². The standard InChI is InChI=1S/C10H20NO/c1-5-7-10(12)11(6-2)8-9(3)4/h9H,1,5-8H2,2-4H3. The van der Waals surface area contributed by atoms with Gasteiger partial charge in [0.25, 0.3) is 0 Å². The molecule has 0 N–H and O–H groups in total. The van der Waals surface area contributed by atoms with Crippen molar-refractivity contribution in [1.82, 2.24) is 4.90 Å². The molecule has 2 heteroatoms. The van der Waals surface area contributed by atoms with Crippen molar-refractivity contribution in [2.24, 2.45) is 5.92 Å². The van der Waals surface area contributed by atoms with E-state index in [1.165, 1.54) is 0 Å². The van der Waals surface area contributed by atoms with Crippen molar-refractivity contribution >= 4 is 5.91 Å². The van der Waals surface area contributed by atoms with Crippen LogP contribution in [0.3, 0.4) is 0 Å². The molecule has 0 fully saturated rings. The van der Waals surface area contributed by atoms with Gasteiger partial charge in [0.15, 0.2) is 0 Å². The van der Waals surface area contributed by atoms with Gasteiger partial charge in [-0.25, -0.2) is 0 Å². The molecule has 0 saturated carbocycles. The third-order valence-corrected chi connectivity index (χ3v) is 1.71. The number of nitrogens with zero attached hydrogens (tertiary/aromatic N) is 1. The van der Waals surface area contributed by atoms with E-state index in [0.29, 0.717) is 18.8 Å². The fourth-order valence-electron chi connectivity index (χ4n) is 1.16. The summed E-state index contributed by atoms with van der Waals surface area (Å²) in [6.45, 7) is 11.6. The van der Waals surface area contributed by atoms with Gasteiger partial charge in [-0.3, -0.25) is 4.79 Å². The molecule has 0 aliphatic rings. The van der Waals surface area contributed by atoms with Crippen LogP contribution in [0.5, 0.6) is 0 Å². The highest BCUT2D eigenvalue weighted by atomic mass is 16.2. The second kappa shape index (κ2) is 6.04. The normalized spacial score (nSPS) is 10.4. The van der Waals surface area contributed by atoms with Gasteiger partial charge in [-0.15, -0.1) is 0 Å². The Labute approximate surface area is 75.9 Å². The molecule has 0 aromatic carbocycles. The fourth-order valence-corrected chi connectivity index (χ4v) is 1.16. The van der Waals surface area contributed by atoms with Gasteiger partial charge in [-0.2, -0.15) is 0 Å². The molecule has 0 atom stereocenters. The topological polar surface area (TPSA) is 20.3 Å². The minimum absolute atomic E-state index is 0.237. The van der Waals surface area contributed by atoms with Gasteiger partial charge in [0.1, 0.15) is 0 Å². The van der Waals surface area contributed by atoms with Crippen molar-refractivity contribution in [3.05, 3.63) is 6.92 Å². The molecule has 0 aliphatic heterocycles. The molecule has 0 heterocycles. The Bertz CT molecular complexity index is 132. The Morgan fingerprint density at radius 3 is 2.42 bits per heavy atom. The van der Waals surface area contributed by atoms with Crippen LogP contribution in [0, 0.1) is 12.8 Å². The predicted molar refractivity (Wildman–Crippen MR) is 51.7 cm³/mol. The first-order valence-corrected chi connectivity index (χ1v) is 4.68. The SMILES string of the molecule is [CH2]CCC(=O)N(CC)CC(C)C. The summed E-state index contributed by atoms with van der Waals surface area (Å²) >= 11 is 0. The summed E-state index contributed by atoms with van der Waals surface area (Å²) in [7, 11) is 0. The molecular formula is C10H20NO. The summed E-state index contributed by atoms with van der Waals surface area (Å²) in [4.78, 5) is 13.3. The monoisotopic (exact) mass is 170 g/mol. The Kier molecular flexibility index (Phi) is 5.77. The molecular weight excluding hydrogens is 150 g/mol. The molecule has 0 spiro atoms. The summed E-state index contributed by atoms with van der Waals surface area (Å²) in [6, 6.07) is 0.